The number of aromatic nitrogens is 2. The van der Waals surface area contributed by atoms with Gasteiger partial charge < -0.3 is 10.1 Å². The predicted octanol–water partition coefficient (Wildman–Crippen LogP) is 3.11. The van der Waals surface area contributed by atoms with Crippen molar-refractivity contribution in [1.82, 2.24) is 9.97 Å². The van der Waals surface area contributed by atoms with Crippen LogP contribution in [0.5, 0.6) is 5.88 Å². The molecule has 0 spiro atoms. The fourth-order valence-electron chi connectivity index (χ4n) is 3.58. The van der Waals surface area contributed by atoms with Crippen LogP contribution in [0.1, 0.15) is 39.0 Å². The quantitative estimate of drug-likeness (QED) is 0.854. The Morgan fingerprint density at radius 3 is 3.00 bits per heavy atom. The Kier molecular flexibility index (Phi) is 3.85. The lowest BCUT2D eigenvalue weighted by atomic mass is 9.89. The summed E-state index contributed by atoms with van der Waals surface area (Å²) in [5.74, 6) is 4.37. The lowest BCUT2D eigenvalue weighted by Crippen LogP contribution is -2.20. The van der Waals surface area contributed by atoms with Gasteiger partial charge in [0.25, 0.3) is 0 Å². The molecule has 2 aliphatic rings. The van der Waals surface area contributed by atoms with E-state index in [2.05, 4.69) is 22.2 Å². The van der Waals surface area contributed by atoms with E-state index in [-0.39, 0.29) is 0 Å². The average molecular weight is 261 g/mol. The molecule has 2 bridgehead atoms. The standard InChI is InChI=1S/C15H23N3O/c1-2-5-19-15-8-14(17-10-18-15)16-9-13-7-11-3-4-12(13)6-11/h8,10-13H,2-7,9H2,1H3,(H,16,17,18). The van der Waals surface area contributed by atoms with Crippen molar-refractivity contribution in [3.63, 3.8) is 0 Å². The van der Waals surface area contributed by atoms with E-state index >= 15 is 0 Å². The van der Waals surface area contributed by atoms with Crippen LogP contribution in [0, 0.1) is 17.8 Å². The van der Waals surface area contributed by atoms with Crippen LogP contribution in [0.25, 0.3) is 0 Å². The number of hydrogen-bond acceptors (Lipinski definition) is 4. The van der Waals surface area contributed by atoms with Crippen LogP contribution in [-0.2, 0) is 0 Å². The summed E-state index contributed by atoms with van der Waals surface area (Å²) < 4.78 is 5.53. The summed E-state index contributed by atoms with van der Waals surface area (Å²) in [6.45, 7) is 3.85. The van der Waals surface area contributed by atoms with Crippen LogP contribution < -0.4 is 10.1 Å². The molecule has 3 atom stereocenters. The zero-order valence-corrected chi connectivity index (χ0v) is 11.6. The molecule has 4 nitrogen and oxygen atoms in total. The molecule has 2 fully saturated rings. The van der Waals surface area contributed by atoms with Crippen molar-refractivity contribution in [2.24, 2.45) is 17.8 Å². The molecule has 1 heterocycles. The number of nitrogens with one attached hydrogen (secondary N) is 1. The summed E-state index contributed by atoms with van der Waals surface area (Å²) in [6, 6.07) is 1.91. The maximum Gasteiger partial charge on any atom is 0.218 e. The van der Waals surface area contributed by atoms with Crippen LogP contribution >= 0.6 is 0 Å². The highest BCUT2D eigenvalue weighted by molar-refractivity contribution is 5.37. The van der Waals surface area contributed by atoms with Gasteiger partial charge in [-0.25, -0.2) is 9.97 Å². The largest absolute Gasteiger partial charge is 0.478 e. The first-order valence-corrected chi connectivity index (χ1v) is 7.54. The van der Waals surface area contributed by atoms with Gasteiger partial charge in [-0.2, -0.15) is 0 Å². The van der Waals surface area contributed by atoms with E-state index in [0.29, 0.717) is 12.5 Å². The predicted molar refractivity (Wildman–Crippen MR) is 75.2 cm³/mol. The SMILES string of the molecule is CCCOc1cc(NCC2CC3CCC2C3)ncn1. The molecule has 3 unspecified atom stereocenters. The summed E-state index contributed by atoms with van der Waals surface area (Å²) in [5.41, 5.74) is 0. The van der Waals surface area contributed by atoms with Crippen molar-refractivity contribution < 1.29 is 4.74 Å². The first-order chi connectivity index (χ1) is 9.35. The second-order valence-corrected chi connectivity index (χ2v) is 5.91. The molecule has 1 N–H and O–H groups in total. The van der Waals surface area contributed by atoms with Crippen molar-refractivity contribution in [3.8, 4) is 5.88 Å². The molecule has 0 amide bonds. The Bertz CT molecular complexity index is 424. The van der Waals surface area contributed by atoms with Gasteiger partial charge in [-0.1, -0.05) is 13.3 Å². The number of ether oxygens (including phenoxy) is 1. The molecule has 0 aliphatic heterocycles. The van der Waals surface area contributed by atoms with E-state index in [1.54, 1.807) is 6.33 Å². The zero-order valence-electron chi connectivity index (χ0n) is 11.6. The minimum atomic E-state index is 0.673. The Morgan fingerprint density at radius 1 is 1.32 bits per heavy atom. The van der Waals surface area contributed by atoms with Crippen LogP contribution in [0.2, 0.25) is 0 Å². The normalized spacial score (nSPS) is 28.6. The van der Waals surface area contributed by atoms with Crippen LogP contribution in [0.3, 0.4) is 0 Å². The fourth-order valence-corrected chi connectivity index (χ4v) is 3.58. The molecule has 1 aromatic heterocycles. The fraction of sp³-hybridized carbons (Fsp3) is 0.733. The van der Waals surface area contributed by atoms with Crippen molar-refractivity contribution in [2.45, 2.75) is 39.0 Å². The molecular formula is C15H23N3O. The lowest BCUT2D eigenvalue weighted by Gasteiger charge is -2.22. The number of hydrogen-bond donors (Lipinski definition) is 1. The van der Waals surface area contributed by atoms with E-state index in [4.69, 9.17) is 4.74 Å². The van der Waals surface area contributed by atoms with Gasteiger partial charge in [-0.15, -0.1) is 0 Å². The first kappa shape index (κ1) is 12.7. The van der Waals surface area contributed by atoms with Gasteiger partial charge in [0.15, 0.2) is 0 Å². The Hall–Kier alpha value is -1.32. The maximum atomic E-state index is 5.53. The van der Waals surface area contributed by atoms with Gasteiger partial charge in [-0.05, 0) is 43.4 Å². The summed E-state index contributed by atoms with van der Waals surface area (Å²) in [4.78, 5) is 8.39. The molecule has 0 radical (unpaired) electrons. The van der Waals surface area contributed by atoms with Crippen LogP contribution in [0.15, 0.2) is 12.4 Å². The van der Waals surface area contributed by atoms with E-state index in [1.165, 1.54) is 25.7 Å². The third-order valence-corrected chi connectivity index (χ3v) is 4.53. The van der Waals surface area contributed by atoms with Crippen LogP contribution in [-0.4, -0.2) is 23.1 Å². The molecule has 2 saturated carbocycles. The smallest absolute Gasteiger partial charge is 0.218 e. The second-order valence-electron chi connectivity index (χ2n) is 5.91. The van der Waals surface area contributed by atoms with Gasteiger partial charge in [0.1, 0.15) is 12.1 Å². The minimum absolute atomic E-state index is 0.673. The lowest BCUT2D eigenvalue weighted by molar-refractivity contribution is 0.304. The van der Waals surface area contributed by atoms with E-state index in [0.717, 1.165) is 36.5 Å². The molecule has 3 rings (SSSR count). The number of nitrogens with zero attached hydrogens (tertiary/aromatic N) is 2. The molecule has 19 heavy (non-hydrogen) atoms. The van der Waals surface area contributed by atoms with Crippen molar-refractivity contribution in [3.05, 3.63) is 12.4 Å². The third kappa shape index (κ3) is 2.99. The molecule has 0 saturated heterocycles. The molecule has 4 heteroatoms. The molecule has 0 aromatic carbocycles. The maximum absolute atomic E-state index is 5.53. The monoisotopic (exact) mass is 261 g/mol. The van der Waals surface area contributed by atoms with Gasteiger partial charge in [-0.3, -0.25) is 0 Å². The van der Waals surface area contributed by atoms with E-state index < -0.39 is 0 Å². The molecule has 104 valence electrons. The molecule has 1 aromatic rings. The summed E-state index contributed by atoms with van der Waals surface area (Å²) in [7, 11) is 0. The Morgan fingerprint density at radius 2 is 2.26 bits per heavy atom. The summed E-state index contributed by atoms with van der Waals surface area (Å²) in [5, 5.41) is 3.46. The number of fused-ring (bicyclic) bond motifs is 2. The summed E-state index contributed by atoms with van der Waals surface area (Å²) >= 11 is 0. The van der Waals surface area contributed by atoms with Crippen molar-refractivity contribution >= 4 is 5.82 Å². The van der Waals surface area contributed by atoms with Gasteiger partial charge in [0.2, 0.25) is 5.88 Å². The van der Waals surface area contributed by atoms with Gasteiger partial charge >= 0.3 is 0 Å². The zero-order chi connectivity index (χ0) is 13.1. The number of anilines is 1. The highest BCUT2D eigenvalue weighted by atomic mass is 16.5. The third-order valence-electron chi connectivity index (χ3n) is 4.53. The topological polar surface area (TPSA) is 47.0 Å². The Balaban J connectivity index is 1.52. The average Bonchev–Trinajstić information content (AvgIpc) is 3.06. The van der Waals surface area contributed by atoms with Crippen LogP contribution in [0.4, 0.5) is 5.82 Å². The van der Waals surface area contributed by atoms with Crippen molar-refractivity contribution in [1.29, 1.82) is 0 Å². The first-order valence-electron chi connectivity index (χ1n) is 7.54. The molecule has 2 aliphatic carbocycles. The highest BCUT2D eigenvalue weighted by Crippen LogP contribution is 2.48. The molecular weight excluding hydrogens is 238 g/mol. The van der Waals surface area contributed by atoms with E-state index in [9.17, 15) is 0 Å². The van der Waals surface area contributed by atoms with Crippen molar-refractivity contribution in [2.75, 3.05) is 18.5 Å². The van der Waals surface area contributed by atoms with E-state index in [1.807, 2.05) is 6.07 Å². The number of rotatable bonds is 6. The highest BCUT2D eigenvalue weighted by Gasteiger charge is 2.39. The van der Waals surface area contributed by atoms with Gasteiger partial charge in [0.05, 0.1) is 6.61 Å². The Labute approximate surface area is 115 Å². The summed E-state index contributed by atoms with van der Waals surface area (Å²) in [6.07, 6.45) is 8.34. The minimum Gasteiger partial charge on any atom is -0.478 e. The second kappa shape index (κ2) is 5.76. The van der Waals surface area contributed by atoms with Gasteiger partial charge in [0, 0.05) is 12.6 Å².